The number of rotatable bonds is 3. The first-order chi connectivity index (χ1) is 8.49. The standard InChI is InChI=1S/C15H21N3/c1-5-6-17-14-11(9-16)7-12-13(18-14)10(2)8-15(12,3)4/h7,10H,5-6,8H2,1-4H3,(H,17,18). The molecule has 1 N–H and O–H groups in total. The van der Waals surface area contributed by atoms with Gasteiger partial charge in [0.2, 0.25) is 0 Å². The highest BCUT2D eigenvalue weighted by atomic mass is 15.0. The number of anilines is 1. The first-order valence-electron chi connectivity index (χ1n) is 6.69. The van der Waals surface area contributed by atoms with Crippen LogP contribution in [0.3, 0.4) is 0 Å². The largest absolute Gasteiger partial charge is 0.369 e. The topological polar surface area (TPSA) is 48.7 Å². The summed E-state index contributed by atoms with van der Waals surface area (Å²) in [6.45, 7) is 9.65. The van der Waals surface area contributed by atoms with Gasteiger partial charge in [0.05, 0.1) is 5.56 Å². The number of nitrogens with one attached hydrogen (secondary N) is 1. The molecule has 0 saturated carbocycles. The molecule has 0 radical (unpaired) electrons. The molecule has 2 rings (SSSR count). The third kappa shape index (κ3) is 2.08. The lowest BCUT2D eigenvalue weighted by molar-refractivity contribution is 0.488. The van der Waals surface area contributed by atoms with Gasteiger partial charge in [-0.05, 0) is 35.8 Å². The summed E-state index contributed by atoms with van der Waals surface area (Å²) in [6.07, 6.45) is 2.14. The fraction of sp³-hybridized carbons (Fsp3) is 0.600. The lowest BCUT2D eigenvalue weighted by Crippen LogP contribution is -2.13. The molecule has 3 nitrogen and oxygen atoms in total. The highest BCUT2D eigenvalue weighted by Gasteiger charge is 2.36. The average molecular weight is 243 g/mol. The average Bonchev–Trinajstić information content (AvgIpc) is 2.55. The molecule has 96 valence electrons. The van der Waals surface area contributed by atoms with Gasteiger partial charge in [0.1, 0.15) is 11.9 Å². The van der Waals surface area contributed by atoms with E-state index in [4.69, 9.17) is 4.98 Å². The Morgan fingerprint density at radius 2 is 2.28 bits per heavy atom. The van der Waals surface area contributed by atoms with Crippen LogP contribution in [0.4, 0.5) is 5.82 Å². The second kappa shape index (κ2) is 4.61. The van der Waals surface area contributed by atoms with E-state index in [1.165, 1.54) is 5.56 Å². The van der Waals surface area contributed by atoms with Crippen LogP contribution in [-0.2, 0) is 5.41 Å². The van der Waals surface area contributed by atoms with Crippen LogP contribution < -0.4 is 5.32 Å². The first kappa shape index (κ1) is 12.9. The molecular formula is C15H21N3. The molecule has 1 aliphatic carbocycles. The molecule has 1 aromatic rings. The van der Waals surface area contributed by atoms with Gasteiger partial charge in [-0.2, -0.15) is 5.26 Å². The Hall–Kier alpha value is -1.56. The summed E-state index contributed by atoms with van der Waals surface area (Å²) in [5.41, 5.74) is 3.21. The number of nitrogens with zero attached hydrogens (tertiary/aromatic N) is 2. The summed E-state index contributed by atoms with van der Waals surface area (Å²) >= 11 is 0. The maximum absolute atomic E-state index is 9.26. The van der Waals surface area contributed by atoms with Crippen LogP contribution in [0, 0.1) is 11.3 Å². The van der Waals surface area contributed by atoms with Crippen molar-refractivity contribution in [2.24, 2.45) is 0 Å². The molecule has 0 aromatic carbocycles. The summed E-state index contributed by atoms with van der Waals surface area (Å²) in [6, 6.07) is 4.29. The second-order valence-corrected chi connectivity index (χ2v) is 5.84. The molecule has 1 heterocycles. The van der Waals surface area contributed by atoms with Gasteiger partial charge in [-0.15, -0.1) is 0 Å². The number of hydrogen-bond acceptors (Lipinski definition) is 3. The molecule has 0 spiro atoms. The number of pyridine rings is 1. The van der Waals surface area contributed by atoms with E-state index in [-0.39, 0.29) is 5.41 Å². The molecule has 1 unspecified atom stereocenters. The Labute approximate surface area is 109 Å². The van der Waals surface area contributed by atoms with Crippen molar-refractivity contribution >= 4 is 5.82 Å². The molecule has 0 saturated heterocycles. The van der Waals surface area contributed by atoms with Crippen molar-refractivity contribution in [2.45, 2.75) is 51.9 Å². The smallest absolute Gasteiger partial charge is 0.144 e. The minimum absolute atomic E-state index is 0.136. The molecular weight excluding hydrogens is 222 g/mol. The summed E-state index contributed by atoms with van der Waals surface area (Å²) in [4.78, 5) is 4.70. The van der Waals surface area contributed by atoms with E-state index in [0.29, 0.717) is 11.5 Å². The van der Waals surface area contributed by atoms with Crippen LogP contribution in [-0.4, -0.2) is 11.5 Å². The third-order valence-corrected chi connectivity index (χ3v) is 3.73. The van der Waals surface area contributed by atoms with Gasteiger partial charge in [0.25, 0.3) is 0 Å². The number of fused-ring (bicyclic) bond motifs is 1. The minimum atomic E-state index is 0.136. The lowest BCUT2D eigenvalue weighted by atomic mass is 9.86. The number of hydrogen-bond donors (Lipinski definition) is 1. The highest BCUT2D eigenvalue weighted by molar-refractivity contribution is 5.57. The summed E-state index contributed by atoms with van der Waals surface area (Å²) in [5.74, 6) is 1.23. The SMILES string of the molecule is CCCNc1nc2c(cc1C#N)C(C)(C)CC2C. The van der Waals surface area contributed by atoms with Crippen molar-refractivity contribution in [1.82, 2.24) is 4.98 Å². The Bertz CT molecular complexity index is 497. The summed E-state index contributed by atoms with van der Waals surface area (Å²) in [5, 5.41) is 12.5. The zero-order chi connectivity index (χ0) is 13.3. The molecule has 0 bridgehead atoms. The van der Waals surface area contributed by atoms with Gasteiger partial charge in [0.15, 0.2) is 0 Å². The summed E-state index contributed by atoms with van der Waals surface area (Å²) < 4.78 is 0. The van der Waals surface area contributed by atoms with Gasteiger partial charge < -0.3 is 5.32 Å². The van der Waals surface area contributed by atoms with Gasteiger partial charge in [-0.3, -0.25) is 0 Å². The second-order valence-electron chi connectivity index (χ2n) is 5.84. The zero-order valence-electron chi connectivity index (χ0n) is 11.7. The van der Waals surface area contributed by atoms with Crippen molar-refractivity contribution in [3.8, 4) is 6.07 Å². The maximum atomic E-state index is 9.26. The van der Waals surface area contributed by atoms with Gasteiger partial charge in [-0.1, -0.05) is 27.7 Å². The third-order valence-electron chi connectivity index (χ3n) is 3.73. The van der Waals surface area contributed by atoms with Crippen LogP contribution in [0.25, 0.3) is 0 Å². The molecule has 1 atom stereocenters. The molecule has 18 heavy (non-hydrogen) atoms. The van der Waals surface area contributed by atoms with E-state index in [1.807, 2.05) is 6.07 Å². The zero-order valence-corrected chi connectivity index (χ0v) is 11.7. The minimum Gasteiger partial charge on any atom is -0.369 e. The van der Waals surface area contributed by atoms with Crippen LogP contribution in [0.1, 0.15) is 63.3 Å². The van der Waals surface area contributed by atoms with Gasteiger partial charge >= 0.3 is 0 Å². The predicted octanol–water partition coefficient (Wildman–Crippen LogP) is 3.56. The monoisotopic (exact) mass is 243 g/mol. The quantitative estimate of drug-likeness (QED) is 0.883. The van der Waals surface area contributed by atoms with Crippen molar-refractivity contribution in [3.05, 3.63) is 22.9 Å². The molecule has 3 heteroatoms. The molecule has 0 fully saturated rings. The van der Waals surface area contributed by atoms with Crippen molar-refractivity contribution in [2.75, 3.05) is 11.9 Å². The molecule has 1 aromatic heterocycles. The number of aromatic nitrogens is 1. The van der Waals surface area contributed by atoms with Crippen LogP contribution in [0.5, 0.6) is 0 Å². The van der Waals surface area contributed by atoms with E-state index < -0.39 is 0 Å². The van der Waals surface area contributed by atoms with Crippen molar-refractivity contribution in [1.29, 1.82) is 5.26 Å². The fourth-order valence-electron chi connectivity index (χ4n) is 2.88. The number of nitriles is 1. The van der Waals surface area contributed by atoms with E-state index in [2.05, 4.69) is 39.1 Å². The van der Waals surface area contributed by atoms with Crippen LogP contribution in [0.2, 0.25) is 0 Å². The fourth-order valence-corrected chi connectivity index (χ4v) is 2.88. The van der Waals surface area contributed by atoms with E-state index in [9.17, 15) is 5.26 Å². The highest BCUT2D eigenvalue weighted by Crippen LogP contribution is 2.45. The van der Waals surface area contributed by atoms with E-state index in [0.717, 1.165) is 30.9 Å². The van der Waals surface area contributed by atoms with E-state index in [1.54, 1.807) is 0 Å². The van der Waals surface area contributed by atoms with Gasteiger partial charge in [0, 0.05) is 12.2 Å². The van der Waals surface area contributed by atoms with Crippen molar-refractivity contribution in [3.63, 3.8) is 0 Å². The Morgan fingerprint density at radius 1 is 1.56 bits per heavy atom. The maximum Gasteiger partial charge on any atom is 0.144 e. The summed E-state index contributed by atoms with van der Waals surface area (Å²) in [7, 11) is 0. The first-order valence-corrected chi connectivity index (χ1v) is 6.69. The lowest BCUT2D eigenvalue weighted by Gasteiger charge is -2.19. The Kier molecular flexibility index (Phi) is 3.30. The van der Waals surface area contributed by atoms with Crippen molar-refractivity contribution < 1.29 is 0 Å². The van der Waals surface area contributed by atoms with Gasteiger partial charge in [-0.25, -0.2) is 4.98 Å². The normalized spacial score (nSPS) is 20.3. The molecule has 0 aliphatic heterocycles. The predicted molar refractivity (Wildman–Crippen MR) is 73.8 cm³/mol. The van der Waals surface area contributed by atoms with E-state index >= 15 is 0 Å². The van der Waals surface area contributed by atoms with Crippen LogP contribution >= 0.6 is 0 Å². The van der Waals surface area contributed by atoms with Crippen LogP contribution in [0.15, 0.2) is 6.07 Å². The Morgan fingerprint density at radius 3 is 2.89 bits per heavy atom. The Balaban J connectivity index is 2.48. The molecule has 0 amide bonds. The molecule has 1 aliphatic rings.